The van der Waals surface area contributed by atoms with Gasteiger partial charge in [0, 0.05) is 26.2 Å². The van der Waals surface area contributed by atoms with Gasteiger partial charge in [-0.2, -0.15) is 0 Å². The van der Waals surface area contributed by atoms with Crippen LogP contribution in [0.1, 0.15) is 6.92 Å². The van der Waals surface area contributed by atoms with Crippen molar-refractivity contribution in [3.63, 3.8) is 0 Å². The Hall–Kier alpha value is -0.120. The Labute approximate surface area is 74.3 Å². The molecule has 0 amide bonds. The fourth-order valence-corrected chi connectivity index (χ4v) is 2.24. The van der Waals surface area contributed by atoms with Crippen molar-refractivity contribution in [1.82, 2.24) is 9.80 Å². The van der Waals surface area contributed by atoms with Crippen LogP contribution < -0.4 is 0 Å². The molecule has 0 aromatic heterocycles. The van der Waals surface area contributed by atoms with E-state index >= 15 is 0 Å². The van der Waals surface area contributed by atoms with Crippen LogP contribution in [0.5, 0.6) is 0 Å². The summed E-state index contributed by atoms with van der Waals surface area (Å²) in [6.07, 6.45) is 0.921. The average Bonchev–Trinajstić information content (AvgIpc) is 2.02. The maximum Gasteiger partial charge on any atom is 0.0833 e. The number of hydrogen-bond acceptors (Lipinski definition) is 3. The van der Waals surface area contributed by atoms with Crippen LogP contribution in [0.15, 0.2) is 0 Å². The molecule has 0 saturated carbocycles. The summed E-state index contributed by atoms with van der Waals surface area (Å²) in [5.41, 5.74) is 0. The van der Waals surface area contributed by atoms with Gasteiger partial charge in [0.05, 0.1) is 12.2 Å². The minimum atomic E-state index is 0.461. The number of fused-ring (bicyclic) bond motifs is 2. The van der Waals surface area contributed by atoms with Gasteiger partial charge in [0.1, 0.15) is 0 Å². The van der Waals surface area contributed by atoms with Gasteiger partial charge in [-0.1, -0.05) is 6.92 Å². The summed E-state index contributed by atoms with van der Waals surface area (Å²) in [5, 5.41) is 0. The Morgan fingerprint density at radius 1 is 1.17 bits per heavy atom. The van der Waals surface area contributed by atoms with Crippen molar-refractivity contribution in [2.45, 2.75) is 19.1 Å². The second-order valence-corrected chi connectivity index (χ2v) is 3.95. The minimum absolute atomic E-state index is 0.461. The van der Waals surface area contributed by atoms with Crippen molar-refractivity contribution >= 4 is 0 Å². The number of ether oxygens (including phenoxy) is 1. The summed E-state index contributed by atoms with van der Waals surface area (Å²) >= 11 is 0. The first-order valence-corrected chi connectivity index (χ1v) is 4.84. The molecule has 2 aliphatic heterocycles. The molecule has 3 heteroatoms. The number of nitrogens with zero attached hydrogens (tertiary/aromatic N) is 2. The molecule has 12 heavy (non-hydrogen) atoms. The van der Waals surface area contributed by atoms with Crippen LogP contribution >= 0.6 is 0 Å². The zero-order valence-corrected chi connectivity index (χ0v) is 7.99. The van der Waals surface area contributed by atoms with Crippen LogP contribution in [-0.4, -0.2) is 61.8 Å². The predicted octanol–water partition coefficient (Wildman–Crippen LogP) is 0.0211. The third-order valence-electron chi connectivity index (χ3n) is 2.79. The molecule has 3 nitrogen and oxygen atoms in total. The average molecular weight is 170 g/mol. The maximum absolute atomic E-state index is 5.84. The molecule has 0 aliphatic carbocycles. The molecule has 70 valence electrons. The van der Waals surface area contributed by atoms with E-state index in [0.717, 1.165) is 26.2 Å². The van der Waals surface area contributed by atoms with E-state index in [1.807, 2.05) is 0 Å². The molecular formula is C9H18N2O. The molecule has 0 radical (unpaired) electrons. The summed E-state index contributed by atoms with van der Waals surface area (Å²) in [6, 6.07) is 0. The fourth-order valence-electron chi connectivity index (χ4n) is 2.24. The van der Waals surface area contributed by atoms with E-state index in [1.165, 1.54) is 6.54 Å². The Bertz CT molecular complexity index is 145. The topological polar surface area (TPSA) is 15.7 Å². The molecule has 0 spiro atoms. The van der Waals surface area contributed by atoms with Crippen molar-refractivity contribution in [3.05, 3.63) is 0 Å². The Balaban J connectivity index is 1.96. The lowest BCUT2D eigenvalue weighted by Crippen LogP contribution is -2.58. The molecule has 2 fully saturated rings. The van der Waals surface area contributed by atoms with Crippen molar-refractivity contribution < 1.29 is 4.74 Å². The third kappa shape index (κ3) is 1.63. The smallest absolute Gasteiger partial charge is 0.0833 e. The van der Waals surface area contributed by atoms with Gasteiger partial charge in [-0.3, -0.25) is 4.90 Å². The fraction of sp³-hybridized carbons (Fsp3) is 1.00. The Morgan fingerprint density at radius 3 is 2.25 bits per heavy atom. The first-order chi connectivity index (χ1) is 5.78. The van der Waals surface area contributed by atoms with Crippen LogP contribution in [0, 0.1) is 0 Å². The van der Waals surface area contributed by atoms with Gasteiger partial charge in [0.25, 0.3) is 0 Å². The minimum Gasteiger partial charge on any atom is -0.370 e. The summed E-state index contributed by atoms with van der Waals surface area (Å²) in [6.45, 7) is 7.85. The highest BCUT2D eigenvalue weighted by atomic mass is 16.5. The van der Waals surface area contributed by atoms with Crippen LogP contribution in [0.2, 0.25) is 0 Å². The van der Waals surface area contributed by atoms with Gasteiger partial charge < -0.3 is 9.64 Å². The molecular weight excluding hydrogens is 152 g/mol. The van der Waals surface area contributed by atoms with E-state index < -0.39 is 0 Å². The number of hydrogen-bond donors (Lipinski definition) is 0. The molecule has 0 aromatic rings. The summed E-state index contributed by atoms with van der Waals surface area (Å²) in [5.74, 6) is 0. The van der Waals surface area contributed by atoms with Crippen molar-refractivity contribution in [3.8, 4) is 0 Å². The SMILES string of the molecule is CCN1CC2CN(C)CC(C1)O2. The van der Waals surface area contributed by atoms with E-state index in [4.69, 9.17) is 4.74 Å². The molecule has 2 saturated heterocycles. The van der Waals surface area contributed by atoms with E-state index in [2.05, 4.69) is 23.8 Å². The highest BCUT2D eigenvalue weighted by molar-refractivity contribution is 4.85. The first-order valence-electron chi connectivity index (χ1n) is 4.84. The lowest BCUT2D eigenvalue weighted by molar-refractivity contribution is -0.132. The third-order valence-corrected chi connectivity index (χ3v) is 2.79. The van der Waals surface area contributed by atoms with E-state index in [1.54, 1.807) is 0 Å². The number of likely N-dealkylation sites (N-methyl/N-ethyl adjacent to an activating group) is 2. The number of morpholine rings is 2. The summed E-state index contributed by atoms with van der Waals surface area (Å²) in [7, 11) is 2.18. The highest BCUT2D eigenvalue weighted by Crippen LogP contribution is 2.17. The second-order valence-electron chi connectivity index (χ2n) is 3.95. The van der Waals surface area contributed by atoms with Crippen LogP contribution in [0.4, 0.5) is 0 Å². The summed E-state index contributed by atoms with van der Waals surface area (Å²) < 4.78 is 5.84. The number of rotatable bonds is 1. The molecule has 2 aliphatic rings. The lowest BCUT2D eigenvalue weighted by Gasteiger charge is -2.44. The molecule has 2 rings (SSSR count). The second kappa shape index (κ2) is 3.32. The van der Waals surface area contributed by atoms with Crippen LogP contribution in [0.25, 0.3) is 0 Å². The lowest BCUT2D eigenvalue weighted by atomic mass is 10.1. The Morgan fingerprint density at radius 2 is 1.75 bits per heavy atom. The molecule has 2 bridgehead atoms. The van der Waals surface area contributed by atoms with Crippen LogP contribution in [-0.2, 0) is 4.74 Å². The van der Waals surface area contributed by atoms with E-state index in [-0.39, 0.29) is 0 Å². The van der Waals surface area contributed by atoms with E-state index in [9.17, 15) is 0 Å². The molecule has 2 atom stereocenters. The zero-order chi connectivity index (χ0) is 8.55. The normalized spacial score (nSPS) is 38.5. The van der Waals surface area contributed by atoms with Gasteiger partial charge in [0.15, 0.2) is 0 Å². The molecule has 0 N–H and O–H groups in total. The molecule has 2 unspecified atom stereocenters. The van der Waals surface area contributed by atoms with Crippen molar-refractivity contribution in [2.24, 2.45) is 0 Å². The molecule has 2 heterocycles. The quantitative estimate of drug-likeness (QED) is 0.552. The van der Waals surface area contributed by atoms with Gasteiger partial charge >= 0.3 is 0 Å². The van der Waals surface area contributed by atoms with Gasteiger partial charge in [-0.25, -0.2) is 0 Å². The van der Waals surface area contributed by atoms with Gasteiger partial charge in [0.2, 0.25) is 0 Å². The predicted molar refractivity (Wildman–Crippen MR) is 48.3 cm³/mol. The van der Waals surface area contributed by atoms with Gasteiger partial charge in [-0.05, 0) is 13.6 Å². The first kappa shape index (κ1) is 8.48. The molecule has 0 aromatic carbocycles. The standard InChI is InChI=1S/C9H18N2O/c1-3-11-6-8-4-10(2)5-9(7-11)12-8/h8-9H,3-7H2,1-2H3. The van der Waals surface area contributed by atoms with Crippen LogP contribution in [0.3, 0.4) is 0 Å². The Kier molecular flexibility index (Phi) is 2.35. The summed E-state index contributed by atoms with van der Waals surface area (Å²) in [4.78, 5) is 4.87. The van der Waals surface area contributed by atoms with Crippen molar-refractivity contribution in [2.75, 3.05) is 39.8 Å². The largest absolute Gasteiger partial charge is 0.370 e. The van der Waals surface area contributed by atoms with E-state index in [0.29, 0.717) is 12.2 Å². The highest BCUT2D eigenvalue weighted by Gasteiger charge is 2.32. The van der Waals surface area contributed by atoms with Crippen molar-refractivity contribution in [1.29, 1.82) is 0 Å². The zero-order valence-electron chi connectivity index (χ0n) is 7.99. The monoisotopic (exact) mass is 170 g/mol. The van der Waals surface area contributed by atoms with Gasteiger partial charge in [-0.15, -0.1) is 0 Å². The maximum atomic E-state index is 5.84.